The molecule has 2 atom stereocenters. The Kier molecular flexibility index (Phi) is 4.13. The van der Waals surface area contributed by atoms with Gasteiger partial charge in [-0.15, -0.1) is 5.10 Å². The van der Waals surface area contributed by atoms with Gasteiger partial charge in [-0.05, 0) is 46.1 Å². The van der Waals surface area contributed by atoms with Crippen LogP contribution in [0.5, 0.6) is 0 Å². The zero-order chi connectivity index (χ0) is 14.9. The Morgan fingerprint density at radius 2 is 2.20 bits per heavy atom. The average molecular weight is 280 g/mol. The predicted molar refractivity (Wildman–Crippen MR) is 75.2 cm³/mol. The van der Waals surface area contributed by atoms with E-state index in [2.05, 4.69) is 31.1 Å². The van der Waals surface area contributed by atoms with Crippen LogP contribution in [0.4, 0.5) is 0 Å². The van der Waals surface area contributed by atoms with E-state index in [1.165, 1.54) is 0 Å². The van der Waals surface area contributed by atoms with Gasteiger partial charge in [0.05, 0.1) is 17.4 Å². The van der Waals surface area contributed by atoms with Crippen molar-refractivity contribution in [2.75, 3.05) is 6.54 Å². The third kappa shape index (κ3) is 3.17. The molecular formula is C14H24N4O2. The van der Waals surface area contributed by atoms with Crippen molar-refractivity contribution < 1.29 is 9.90 Å². The number of hydrogen-bond acceptors (Lipinski definition) is 4. The lowest BCUT2D eigenvalue weighted by atomic mass is 9.91. The summed E-state index contributed by atoms with van der Waals surface area (Å²) in [6.07, 6.45) is 3.93. The molecule has 0 amide bonds. The third-order valence-electron chi connectivity index (χ3n) is 3.88. The van der Waals surface area contributed by atoms with E-state index >= 15 is 0 Å². The molecule has 112 valence electrons. The van der Waals surface area contributed by atoms with Gasteiger partial charge in [0.1, 0.15) is 6.04 Å². The van der Waals surface area contributed by atoms with Crippen LogP contribution in [0.1, 0.15) is 46.2 Å². The molecule has 1 saturated heterocycles. The van der Waals surface area contributed by atoms with Crippen molar-refractivity contribution in [1.29, 1.82) is 0 Å². The first-order valence-corrected chi connectivity index (χ1v) is 7.17. The maximum absolute atomic E-state index is 11.4. The summed E-state index contributed by atoms with van der Waals surface area (Å²) >= 11 is 0. The highest BCUT2D eigenvalue weighted by Crippen LogP contribution is 2.25. The monoisotopic (exact) mass is 280 g/mol. The van der Waals surface area contributed by atoms with Crippen LogP contribution in [0.25, 0.3) is 0 Å². The Hall–Kier alpha value is -1.43. The zero-order valence-electron chi connectivity index (χ0n) is 12.7. The summed E-state index contributed by atoms with van der Waals surface area (Å²) in [4.78, 5) is 13.5. The fourth-order valence-corrected chi connectivity index (χ4v) is 2.76. The third-order valence-corrected chi connectivity index (χ3v) is 3.88. The molecule has 6 heteroatoms. The molecule has 2 unspecified atom stereocenters. The lowest BCUT2D eigenvalue weighted by molar-refractivity contribution is -0.147. The molecule has 1 aliphatic heterocycles. The average Bonchev–Trinajstić information content (AvgIpc) is 2.76. The molecule has 0 aromatic carbocycles. The van der Waals surface area contributed by atoms with E-state index in [0.717, 1.165) is 25.1 Å². The van der Waals surface area contributed by atoms with Crippen LogP contribution in [0.2, 0.25) is 0 Å². The Bertz CT molecular complexity index is 478. The van der Waals surface area contributed by atoms with Crippen LogP contribution in [0, 0.1) is 5.92 Å². The van der Waals surface area contributed by atoms with Gasteiger partial charge in [0, 0.05) is 6.54 Å². The molecule has 0 aliphatic carbocycles. The molecule has 0 spiro atoms. The van der Waals surface area contributed by atoms with E-state index in [1.54, 1.807) is 0 Å². The number of carbonyl (C=O) groups is 1. The van der Waals surface area contributed by atoms with E-state index in [0.29, 0.717) is 6.54 Å². The van der Waals surface area contributed by atoms with Gasteiger partial charge in [-0.25, -0.2) is 4.68 Å². The highest BCUT2D eigenvalue weighted by molar-refractivity contribution is 5.74. The minimum Gasteiger partial charge on any atom is -0.480 e. The molecule has 1 aliphatic rings. The summed E-state index contributed by atoms with van der Waals surface area (Å²) in [5, 5.41) is 17.7. The summed E-state index contributed by atoms with van der Waals surface area (Å²) in [5.41, 5.74) is 0.729. The molecule has 1 N–H and O–H groups in total. The Morgan fingerprint density at radius 3 is 2.75 bits per heavy atom. The number of carboxylic acids is 1. The number of hydrogen-bond donors (Lipinski definition) is 1. The van der Waals surface area contributed by atoms with E-state index in [1.807, 2.05) is 22.7 Å². The Morgan fingerprint density at radius 1 is 1.50 bits per heavy atom. The Balaban J connectivity index is 2.11. The number of aromatic nitrogens is 3. The summed E-state index contributed by atoms with van der Waals surface area (Å²) in [7, 11) is 0. The first-order chi connectivity index (χ1) is 9.29. The lowest BCUT2D eigenvalue weighted by Crippen LogP contribution is -2.48. The number of rotatable bonds is 3. The van der Waals surface area contributed by atoms with Crippen LogP contribution < -0.4 is 0 Å². The standard InChI is InChI=1S/C14H24N4O2/c1-10-6-5-7-17(12(10)13(19)20)8-11-9-18(16-15-11)14(2,3)4/h9-10,12H,5-8H2,1-4H3,(H,19,20). The highest BCUT2D eigenvalue weighted by Gasteiger charge is 2.34. The molecule has 1 aromatic rings. The van der Waals surface area contributed by atoms with E-state index in [-0.39, 0.29) is 11.5 Å². The van der Waals surface area contributed by atoms with Crippen molar-refractivity contribution in [3.8, 4) is 0 Å². The quantitative estimate of drug-likeness (QED) is 0.912. The number of nitrogens with zero attached hydrogens (tertiary/aromatic N) is 4. The lowest BCUT2D eigenvalue weighted by Gasteiger charge is -2.36. The van der Waals surface area contributed by atoms with E-state index < -0.39 is 12.0 Å². The predicted octanol–water partition coefficient (Wildman–Crippen LogP) is 1.72. The normalized spacial score (nSPS) is 24.8. The van der Waals surface area contributed by atoms with E-state index in [9.17, 15) is 9.90 Å². The number of likely N-dealkylation sites (tertiary alicyclic amines) is 1. The molecule has 20 heavy (non-hydrogen) atoms. The first-order valence-electron chi connectivity index (χ1n) is 7.17. The number of carboxylic acid groups (broad SMARTS) is 1. The minimum atomic E-state index is -0.736. The van der Waals surface area contributed by atoms with Crippen LogP contribution in [-0.4, -0.2) is 43.6 Å². The van der Waals surface area contributed by atoms with Crippen molar-refractivity contribution in [3.05, 3.63) is 11.9 Å². The molecule has 6 nitrogen and oxygen atoms in total. The fourth-order valence-electron chi connectivity index (χ4n) is 2.76. The minimum absolute atomic E-state index is 0.105. The summed E-state index contributed by atoms with van der Waals surface area (Å²) in [6, 6.07) is -0.413. The second kappa shape index (κ2) is 5.52. The Labute approximate surface area is 119 Å². The van der Waals surface area contributed by atoms with Crippen LogP contribution in [0.15, 0.2) is 6.20 Å². The van der Waals surface area contributed by atoms with Gasteiger partial charge < -0.3 is 5.11 Å². The smallest absolute Gasteiger partial charge is 0.321 e. The summed E-state index contributed by atoms with van der Waals surface area (Å²) in [5.74, 6) is -0.556. The molecule has 0 bridgehead atoms. The number of aliphatic carboxylic acids is 1. The van der Waals surface area contributed by atoms with Gasteiger partial charge in [-0.3, -0.25) is 9.69 Å². The van der Waals surface area contributed by atoms with Gasteiger partial charge in [0.15, 0.2) is 0 Å². The van der Waals surface area contributed by atoms with Crippen LogP contribution >= 0.6 is 0 Å². The molecular weight excluding hydrogens is 256 g/mol. The van der Waals surface area contributed by atoms with Crippen molar-refractivity contribution in [3.63, 3.8) is 0 Å². The van der Waals surface area contributed by atoms with Crippen molar-refractivity contribution in [1.82, 2.24) is 19.9 Å². The van der Waals surface area contributed by atoms with Gasteiger partial charge in [-0.1, -0.05) is 12.1 Å². The van der Waals surface area contributed by atoms with Gasteiger partial charge in [0.25, 0.3) is 0 Å². The maximum Gasteiger partial charge on any atom is 0.321 e. The van der Waals surface area contributed by atoms with Gasteiger partial charge in [-0.2, -0.15) is 0 Å². The van der Waals surface area contributed by atoms with Crippen molar-refractivity contribution in [2.45, 2.75) is 58.7 Å². The maximum atomic E-state index is 11.4. The highest BCUT2D eigenvalue weighted by atomic mass is 16.4. The topological polar surface area (TPSA) is 71.2 Å². The SMILES string of the molecule is CC1CCCN(Cc2cn(C(C)(C)C)nn2)C1C(=O)O. The van der Waals surface area contributed by atoms with E-state index in [4.69, 9.17) is 0 Å². The van der Waals surface area contributed by atoms with Gasteiger partial charge in [0.2, 0.25) is 0 Å². The van der Waals surface area contributed by atoms with Gasteiger partial charge >= 0.3 is 5.97 Å². The molecule has 1 fully saturated rings. The van der Waals surface area contributed by atoms with Crippen molar-refractivity contribution in [2.24, 2.45) is 5.92 Å². The molecule has 0 saturated carbocycles. The van der Waals surface area contributed by atoms with Crippen molar-refractivity contribution >= 4 is 5.97 Å². The summed E-state index contributed by atoms with van der Waals surface area (Å²) in [6.45, 7) is 9.56. The molecule has 2 heterocycles. The second-order valence-corrected chi connectivity index (χ2v) is 6.70. The largest absolute Gasteiger partial charge is 0.480 e. The van der Waals surface area contributed by atoms with Crippen LogP contribution in [-0.2, 0) is 16.9 Å². The zero-order valence-corrected chi connectivity index (χ0v) is 12.7. The first kappa shape index (κ1) is 15.0. The molecule has 1 aromatic heterocycles. The molecule has 0 radical (unpaired) electrons. The fraction of sp³-hybridized carbons (Fsp3) is 0.786. The number of piperidine rings is 1. The van der Waals surface area contributed by atoms with Crippen LogP contribution in [0.3, 0.4) is 0 Å². The summed E-state index contributed by atoms with van der Waals surface area (Å²) < 4.78 is 1.82. The second-order valence-electron chi connectivity index (χ2n) is 6.70. The molecule has 2 rings (SSSR count).